The number of hydrogen-bond donors (Lipinski definition) is 2. The van der Waals surface area contributed by atoms with Crippen molar-refractivity contribution in [2.75, 3.05) is 11.9 Å². The average Bonchev–Trinajstić information content (AvgIpc) is 3.13. The van der Waals surface area contributed by atoms with Gasteiger partial charge < -0.3 is 5.32 Å². The number of anilines is 1. The number of nitrogens with zero attached hydrogens (tertiary/aromatic N) is 2. The lowest BCUT2D eigenvalue weighted by molar-refractivity contribution is -0.115. The van der Waals surface area contributed by atoms with Gasteiger partial charge in [0.15, 0.2) is 0 Å². The van der Waals surface area contributed by atoms with Gasteiger partial charge in [0.2, 0.25) is 15.9 Å². The molecular weight excluding hydrogens is 409 g/mol. The van der Waals surface area contributed by atoms with E-state index in [0.717, 1.165) is 0 Å². The molecule has 0 saturated carbocycles. The van der Waals surface area contributed by atoms with Crippen LogP contribution in [0.3, 0.4) is 0 Å². The second-order valence-corrected chi connectivity index (χ2v) is 7.95. The number of amides is 1. The van der Waals surface area contributed by atoms with Crippen LogP contribution in [-0.2, 0) is 21.2 Å². The molecule has 2 aromatic carbocycles. The minimum Gasteiger partial charge on any atom is -0.326 e. The number of hydrogen-bond acceptors (Lipinski definition) is 5. The Labute approximate surface area is 165 Å². The average molecular weight is 426 g/mol. The molecule has 0 aliphatic carbocycles. The monoisotopic (exact) mass is 426 g/mol. The van der Waals surface area contributed by atoms with Crippen LogP contribution >= 0.6 is 0 Å². The van der Waals surface area contributed by atoms with Gasteiger partial charge in [-0.3, -0.25) is 4.79 Å². The van der Waals surface area contributed by atoms with Crippen LogP contribution in [0, 0.1) is 5.82 Å². The van der Waals surface area contributed by atoms with Crippen molar-refractivity contribution < 1.29 is 26.4 Å². The van der Waals surface area contributed by atoms with Crippen LogP contribution in [0.5, 0.6) is 0 Å². The van der Waals surface area contributed by atoms with E-state index in [9.17, 15) is 26.4 Å². The van der Waals surface area contributed by atoms with E-state index in [1.54, 1.807) is 0 Å². The molecule has 0 bridgehead atoms. The molecule has 1 unspecified atom stereocenters. The topological polar surface area (TPSA) is 105 Å². The summed E-state index contributed by atoms with van der Waals surface area (Å²) in [5.41, 5.74) is 0.947. The molecule has 0 saturated heterocycles. The number of nitrogens with two attached hydrogens (primary N) is 1. The molecule has 0 fully saturated rings. The molecule has 3 rings (SSSR count). The number of benzene rings is 2. The smallest absolute Gasteiger partial charge is 0.326 e. The van der Waals surface area contributed by atoms with Gasteiger partial charge in [0, 0.05) is 17.8 Å². The molecule has 29 heavy (non-hydrogen) atoms. The first-order chi connectivity index (χ1) is 13.6. The van der Waals surface area contributed by atoms with Crippen LogP contribution in [0.1, 0.15) is 17.0 Å². The number of carbonyl (C=O) groups is 1. The fourth-order valence-corrected chi connectivity index (χ4v) is 3.77. The number of nitrogens with one attached hydrogen (secondary N) is 1. The van der Waals surface area contributed by atoms with Crippen LogP contribution in [-0.4, -0.2) is 38.6 Å². The first-order valence-electron chi connectivity index (χ1n) is 8.43. The standard InChI is InChI=1S/C18H17F3N4O3S/c19-13-3-1-11(2-4-13)7-17(26)24-14-5-6-15(16(8-14)29(22,27)28)12-9-23-25(10-12)18(20)21/h1-6,8-9,12,18H,7,10H2,(H,24,26)(H2,22,27,28). The minimum absolute atomic E-state index is 0.0502. The summed E-state index contributed by atoms with van der Waals surface area (Å²) in [5.74, 6) is -1.57. The third-order valence-electron chi connectivity index (χ3n) is 4.29. The lowest BCUT2D eigenvalue weighted by Gasteiger charge is -2.17. The van der Waals surface area contributed by atoms with Gasteiger partial charge in [-0.05, 0) is 35.4 Å². The summed E-state index contributed by atoms with van der Waals surface area (Å²) in [5, 5.41) is 11.9. The van der Waals surface area contributed by atoms with Gasteiger partial charge in [0.25, 0.3) is 0 Å². The molecule has 1 heterocycles. The molecule has 3 N–H and O–H groups in total. The van der Waals surface area contributed by atoms with Gasteiger partial charge in [-0.2, -0.15) is 13.9 Å². The summed E-state index contributed by atoms with van der Waals surface area (Å²) < 4.78 is 62.5. The number of hydrazone groups is 1. The molecule has 1 aliphatic rings. The summed E-state index contributed by atoms with van der Waals surface area (Å²) >= 11 is 0. The third kappa shape index (κ3) is 5.12. The molecule has 1 amide bonds. The highest BCUT2D eigenvalue weighted by molar-refractivity contribution is 7.89. The van der Waals surface area contributed by atoms with E-state index in [-0.39, 0.29) is 29.1 Å². The first-order valence-corrected chi connectivity index (χ1v) is 9.98. The maximum atomic E-state index is 12.9. The molecule has 2 aromatic rings. The van der Waals surface area contributed by atoms with Gasteiger partial charge in [-0.25, -0.2) is 23.0 Å². The Balaban J connectivity index is 1.80. The van der Waals surface area contributed by atoms with E-state index < -0.39 is 34.2 Å². The summed E-state index contributed by atoms with van der Waals surface area (Å²) in [6.45, 7) is -3.00. The highest BCUT2D eigenvalue weighted by atomic mass is 32.2. The van der Waals surface area contributed by atoms with E-state index in [4.69, 9.17) is 5.14 Å². The summed E-state index contributed by atoms with van der Waals surface area (Å²) in [4.78, 5) is 11.9. The number of alkyl halides is 2. The number of primary sulfonamides is 1. The lowest BCUT2D eigenvalue weighted by Crippen LogP contribution is -2.24. The zero-order chi connectivity index (χ0) is 21.2. The predicted octanol–water partition coefficient (Wildman–Crippen LogP) is 2.26. The van der Waals surface area contributed by atoms with Gasteiger partial charge in [0.05, 0.1) is 17.9 Å². The Hall–Kier alpha value is -2.92. The number of sulfonamides is 1. The highest BCUT2D eigenvalue weighted by Crippen LogP contribution is 2.30. The van der Waals surface area contributed by atoms with Crippen molar-refractivity contribution in [2.24, 2.45) is 10.2 Å². The second-order valence-electron chi connectivity index (χ2n) is 6.42. The van der Waals surface area contributed by atoms with Gasteiger partial charge >= 0.3 is 6.55 Å². The largest absolute Gasteiger partial charge is 0.329 e. The highest BCUT2D eigenvalue weighted by Gasteiger charge is 2.29. The van der Waals surface area contributed by atoms with Gasteiger partial charge in [0.1, 0.15) is 5.82 Å². The summed E-state index contributed by atoms with van der Waals surface area (Å²) in [6, 6.07) is 9.39. The van der Waals surface area contributed by atoms with Crippen molar-refractivity contribution in [2.45, 2.75) is 23.8 Å². The number of rotatable bonds is 6. The van der Waals surface area contributed by atoms with Crippen LogP contribution < -0.4 is 10.5 Å². The Morgan fingerprint density at radius 3 is 2.52 bits per heavy atom. The predicted molar refractivity (Wildman–Crippen MR) is 100 cm³/mol. The van der Waals surface area contributed by atoms with Crippen LogP contribution in [0.4, 0.5) is 18.9 Å². The SMILES string of the molecule is NS(=O)(=O)c1cc(NC(=O)Cc2ccc(F)cc2)ccc1C1C=NN(C(F)F)C1. The minimum atomic E-state index is -4.19. The normalized spacial score (nSPS) is 16.4. The Kier molecular flexibility index (Phi) is 5.89. The molecule has 0 radical (unpaired) electrons. The van der Waals surface area contributed by atoms with Gasteiger partial charge in [-0.1, -0.05) is 18.2 Å². The van der Waals surface area contributed by atoms with Crippen molar-refractivity contribution >= 4 is 27.8 Å². The van der Waals surface area contributed by atoms with Crippen molar-refractivity contribution in [1.82, 2.24) is 5.01 Å². The maximum Gasteiger partial charge on any atom is 0.329 e. The van der Waals surface area contributed by atoms with E-state index >= 15 is 0 Å². The van der Waals surface area contributed by atoms with Crippen LogP contribution in [0.2, 0.25) is 0 Å². The van der Waals surface area contributed by atoms with Crippen LogP contribution in [0.15, 0.2) is 52.5 Å². The molecule has 1 atom stereocenters. The van der Waals surface area contributed by atoms with E-state index in [1.165, 1.54) is 48.7 Å². The molecule has 11 heteroatoms. The van der Waals surface area contributed by atoms with Crippen molar-refractivity contribution in [1.29, 1.82) is 0 Å². The fraction of sp³-hybridized carbons (Fsp3) is 0.222. The second kappa shape index (κ2) is 8.21. The Morgan fingerprint density at radius 2 is 1.93 bits per heavy atom. The summed E-state index contributed by atoms with van der Waals surface area (Å²) in [6.07, 6.45) is 1.17. The lowest BCUT2D eigenvalue weighted by atomic mass is 10.0. The first kappa shape index (κ1) is 20.8. The van der Waals surface area contributed by atoms with E-state index in [1.807, 2.05) is 0 Å². The van der Waals surface area contributed by atoms with E-state index in [0.29, 0.717) is 10.6 Å². The quantitative estimate of drug-likeness (QED) is 0.692. The zero-order valence-corrected chi connectivity index (χ0v) is 15.7. The maximum absolute atomic E-state index is 12.9. The number of carbonyl (C=O) groups excluding carboxylic acids is 1. The molecular formula is C18H17F3N4O3S. The van der Waals surface area contributed by atoms with Gasteiger partial charge in [-0.15, -0.1) is 0 Å². The van der Waals surface area contributed by atoms with E-state index in [2.05, 4.69) is 10.4 Å². The molecule has 0 aromatic heterocycles. The molecule has 7 nitrogen and oxygen atoms in total. The van der Waals surface area contributed by atoms with Crippen LogP contribution in [0.25, 0.3) is 0 Å². The molecule has 0 spiro atoms. The summed E-state index contributed by atoms with van der Waals surface area (Å²) in [7, 11) is -4.19. The zero-order valence-electron chi connectivity index (χ0n) is 14.9. The Morgan fingerprint density at radius 1 is 1.24 bits per heavy atom. The van der Waals surface area contributed by atoms with Crippen molar-refractivity contribution in [3.05, 3.63) is 59.4 Å². The van der Waals surface area contributed by atoms with Crippen molar-refractivity contribution in [3.8, 4) is 0 Å². The fourth-order valence-electron chi connectivity index (χ4n) is 2.93. The Bertz CT molecular complexity index is 1040. The molecule has 154 valence electrons. The third-order valence-corrected chi connectivity index (χ3v) is 5.25. The number of halogens is 3. The molecule has 1 aliphatic heterocycles. The van der Waals surface area contributed by atoms with Crippen molar-refractivity contribution in [3.63, 3.8) is 0 Å².